The van der Waals surface area contributed by atoms with Gasteiger partial charge in [0, 0.05) is 5.69 Å². The number of aryl methyl sites for hydroxylation is 1. The van der Waals surface area contributed by atoms with Crippen molar-refractivity contribution in [2.24, 2.45) is 0 Å². The van der Waals surface area contributed by atoms with Crippen LogP contribution < -0.4 is 0 Å². The number of fused-ring (bicyclic) bond motifs is 1. The Morgan fingerprint density at radius 2 is 1.70 bits per heavy atom. The third-order valence-electron chi connectivity index (χ3n) is 4.27. The summed E-state index contributed by atoms with van der Waals surface area (Å²) in [6.07, 6.45) is -0.106. The van der Waals surface area contributed by atoms with Crippen molar-refractivity contribution in [2.75, 3.05) is 0 Å². The maximum Gasteiger partial charge on any atom is 0.433 e. The van der Waals surface area contributed by atoms with E-state index in [4.69, 9.17) is 0 Å². The van der Waals surface area contributed by atoms with Crippen molar-refractivity contribution < 1.29 is 13.2 Å². The monoisotopic (exact) mass is 283 g/mol. The van der Waals surface area contributed by atoms with E-state index in [2.05, 4.69) is 4.98 Å². The minimum atomic E-state index is -4.34. The molecule has 1 heterocycles. The Bertz CT molecular complexity index is 548. The molecule has 0 atom stereocenters. The van der Waals surface area contributed by atoms with Crippen LogP contribution in [0.3, 0.4) is 0 Å². The largest absolute Gasteiger partial charge is 0.433 e. The molecule has 3 rings (SSSR count). The number of aromatic nitrogens is 1. The first kappa shape index (κ1) is 13.9. The fourth-order valence-corrected chi connectivity index (χ4v) is 3.44. The Labute approximate surface area is 117 Å². The van der Waals surface area contributed by atoms with Crippen LogP contribution in [-0.4, -0.2) is 4.98 Å². The fourth-order valence-electron chi connectivity index (χ4n) is 3.44. The first-order valence-corrected chi connectivity index (χ1v) is 7.33. The fraction of sp³-hybridized carbons (Fsp3) is 0.688. The molecule has 110 valence electrons. The number of hydrogen-bond acceptors (Lipinski definition) is 1. The van der Waals surface area contributed by atoms with Crippen molar-refractivity contribution in [1.82, 2.24) is 4.98 Å². The van der Waals surface area contributed by atoms with Gasteiger partial charge in [0.1, 0.15) is 5.69 Å². The summed E-state index contributed by atoms with van der Waals surface area (Å²) in [5.74, 6) is 0.0688. The molecule has 4 heteroatoms. The second kappa shape index (κ2) is 4.22. The van der Waals surface area contributed by atoms with E-state index in [9.17, 15) is 13.2 Å². The lowest BCUT2D eigenvalue weighted by Crippen LogP contribution is -2.23. The lowest BCUT2D eigenvalue weighted by molar-refractivity contribution is -0.142. The van der Waals surface area contributed by atoms with Gasteiger partial charge in [-0.25, -0.2) is 4.98 Å². The van der Waals surface area contributed by atoms with Crippen LogP contribution in [0.2, 0.25) is 0 Å². The van der Waals surface area contributed by atoms with E-state index in [-0.39, 0.29) is 11.3 Å². The van der Waals surface area contributed by atoms with E-state index in [1.54, 1.807) is 0 Å². The van der Waals surface area contributed by atoms with Gasteiger partial charge in [-0.2, -0.15) is 13.2 Å². The van der Waals surface area contributed by atoms with Crippen molar-refractivity contribution in [3.63, 3.8) is 0 Å². The van der Waals surface area contributed by atoms with E-state index >= 15 is 0 Å². The molecule has 2 aliphatic carbocycles. The Hall–Kier alpha value is -1.06. The number of rotatable bonds is 1. The first-order chi connectivity index (χ1) is 9.19. The molecule has 1 fully saturated rings. The minimum absolute atomic E-state index is 0.0688. The molecule has 2 aliphatic rings. The van der Waals surface area contributed by atoms with Gasteiger partial charge in [0.25, 0.3) is 0 Å². The van der Waals surface area contributed by atoms with Crippen LogP contribution in [0.4, 0.5) is 13.2 Å². The van der Waals surface area contributed by atoms with Crippen molar-refractivity contribution in [3.8, 4) is 0 Å². The molecule has 0 aliphatic heterocycles. The molecule has 1 aromatic heterocycles. The highest BCUT2D eigenvalue weighted by molar-refractivity contribution is 5.50. The van der Waals surface area contributed by atoms with Crippen LogP contribution >= 0.6 is 0 Å². The van der Waals surface area contributed by atoms with Gasteiger partial charge in [0.05, 0.1) is 0 Å². The summed E-state index contributed by atoms with van der Waals surface area (Å²) in [5, 5.41) is 0. The summed E-state index contributed by atoms with van der Waals surface area (Å²) in [6, 6.07) is 0. The van der Waals surface area contributed by atoms with Crippen molar-refractivity contribution in [2.45, 2.75) is 70.4 Å². The summed E-state index contributed by atoms with van der Waals surface area (Å²) in [7, 11) is 0. The quantitative estimate of drug-likeness (QED) is 0.724. The molecule has 0 N–H and O–H groups in total. The molecule has 0 aromatic carbocycles. The Kier molecular flexibility index (Phi) is 2.93. The van der Waals surface area contributed by atoms with Gasteiger partial charge in [-0.3, -0.25) is 0 Å². The van der Waals surface area contributed by atoms with E-state index in [1.165, 1.54) is 0 Å². The predicted molar refractivity (Wildman–Crippen MR) is 71.9 cm³/mol. The molecule has 20 heavy (non-hydrogen) atoms. The number of hydrogen-bond donors (Lipinski definition) is 0. The van der Waals surface area contributed by atoms with Gasteiger partial charge in [0.2, 0.25) is 0 Å². The summed E-state index contributed by atoms with van der Waals surface area (Å²) in [6.45, 7) is 6.06. The average molecular weight is 283 g/mol. The zero-order chi connectivity index (χ0) is 14.7. The van der Waals surface area contributed by atoms with Crippen LogP contribution in [0.25, 0.3) is 0 Å². The molecule has 1 nitrogen and oxygen atoms in total. The Morgan fingerprint density at radius 3 is 2.20 bits per heavy atom. The van der Waals surface area contributed by atoms with E-state index in [0.29, 0.717) is 17.7 Å². The number of alkyl halides is 3. The topological polar surface area (TPSA) is 12.9 Å². The number of halogens is 3. The van der Waals surface area contributed by atoms with Crippen LogP contribution in [0.5, 0.6) is 0 Å². The second-order valence-corrected chi connectivity index (χ2v) is 7.05. The Balaban J connectivity index is 2.32. The second-order valence-electron chi connectivity index (χ2n) is 7.05. The van der Waals surface area contributed by atoms with Crippen molar-refractivity contribution in [1.29, 1.82) is 0 Å². The highest BCUT2D eigenvalue weighted by Gasteiger charge is 2.44. The molecular weight excluding hydrogens is 263 g/mol. The standard InChI is InChI=1S/C16H20F3N/c1-15(2,3)13-10-5-4-6-11(10)20-14(16(17,18)19)12(13)9-7-8-9/h9H,4-8H2,1-3H3. The van der Waals surface area contributed by atoms with Crippen molar-refractivity contribution >= 4 is 0 Å². The zero-order valence-corrected chi connectivity index (χ0v) is 12.2. The maximum atomic E-state index is 13.4. The smallest absolute Gasteiger partial charge is 0.248 e. The summed E-state index contributed by atoms with van der Waals surface area (Å²) < 4.78 is 40.2. The highest BCUT2D eigenvalue weighted by atomic mass is 19.4. The van der Waals surface area contributed by atoms with E-state index in [0.717, 1.165) is 36.8 Å². The van der Waals surface area contributed by atoms with Gasteiger partial charge < -0.3 is 0 Å². The first-order valence-electron chi connectivity index (χ1n) is 7.33. The van der Waals surface area contributed by atoms with Crippen LogP contribution in [0.15, 0.2) is 0 Å². The minimum Gasteiger partial charge on any atom is -0.248 e. The molecular formula is C16H20F3N. The van der Waals surface area contributed by atoms with Crippen LogP contribution in [0, 0.1) is 0 Å². The van der Waals surface area contributed by atoms with E-state index < -0.39 is 11.9 Å². The average Bonchev–Trinajstić information content (AvgIpc) is 3.02. The molecule has 1 saturated carbocycles. The van der Waals surface area contributed by atoms with Crippen LogP contribution in [-0.2, 0) is 24.4 Å². The predicted octanol–water partition coefficient (Wildman–Crippen LogP) is 4.76. The summed E-state index contributed by atoms with van der Waals surface area (Å²) in [5.41, 5.74) is 2.38. The maximum absolute atomic E-state index is 13.4. The Morgan fingerprint density at radius 1 is 1.05 bits per heavy atom. The van der Waals surface area contributed by atoms with Gasteiger partial charge >= 0.3 is 6.18 Å². The lowest BCUT2D eigenvalue weighted by Gasteiger charge is -2.28. The summed E-state index contributed by atoms with van der Waals surface area (Å²) in [4.78, 5) is 4.03. The molecule has 0 unspecified atom stereocenters. The molecule has 0 spiro atoms. The van der Waals surface area contributed by atoms with Crippen LogP contribution in [0.1, 0.15) is 74.0 Å². The third-order valence-corrected chi connectivity index (χ3v) is 4.27. The van der Waals surface area contributed by atoms with Gasteiger partial charge in [0.15, 0.2) is 0 Å². The molecule has 0 bridgehead atoms. The third kappa shape index (κ3) is 2.23. The van der Waals surface area contributed by atoms with Gasteiger partial charge in [-0.15, -0.1) is 0 Å². The highest BCUT2D eigenvalue weighted by Crippen LogP contribution is 2.51. The lowest BCUT2D eigenvalue weighted by atomic mass is 9.78. The summed E-state index contributed by atoms with van der Waals surface area (Å²) >= 11 is 0. The van der Waals surface area contributed by atoms with E-state index in [1.807, 2.05) is 20.8 Å². The number of pyridine rings is 1. The zero-order valence-electron chi connectivity index (χ0n) is 12.2. The molecule has 0 saturated heterocycles. The van der Waals surface area contributed by atoms with Gasteiger partial charge in [-0.05, 0) is 60.1 Å². The number of nitrogens with zero attached hydrogens (tertiary/aromatic N) is 1. The van der Waals surface area contributed by atoms with Gasteiger partial charge in [-0.1, -0.05) is 20.8 Å². The normalized spacial score (nSPS) is 19.3. The molecule has 0 amide bonds. The molecule has 1 aromatic rings. The van der Waals surface area contributed by atoms with Crippen molar-refractivity contribution in [3.05, 3.63) is 28.1 Å². The SMILES string of the molecule is CC(C)(C)c1c2c(nc(C(F)(F)F)c1C1CC1)CCC2. The molecule has 0 radical (unpaired) electrons.